The molecule has 1 aliphatic heterocycles. The molecule has 1 aromatic carbocycles. The van der Waals surface area contributed by atoms with E-state index in [4.69, 9.17) is 15.2 Å². The van der Waals surface area contributed by atoms with E-state index in [1.807, 2.05) is 0 Å². The fourth-order valence-electron chi connectivity index (χ4n) is 3.61. The van der Waals surface area contributed by atoms with Crippen LogP contribution in [0.4, 0.5) is 8.78 Å². The topological polar surface area (TPSA) is 44.5 Å². The molecule has 1 aliphatic carbocycles. The zero-order valence-electron chi connectivity index (χ0n) is 13.0. The van der Waals surface area contributed by atoms with E-state index in [0.717, 1.165) is 38.2 Å². The lowest BCUT2D eigenvalue weighted by atomic mass is 9.68. The first kappa shape index (κ1) is 15.5. The van der Waals surface area contributed by atoms with Crippen LogP contribution < -0.4 is 15.2 Å². The van der Waals surface area contributed by atoms with Crippen molar-refractivity contribution >= 4 is 0 Å². The molecule has 0 amide bonds. The van der Waals surface area contributed by atoms with E-state index in [0.29, 0.717) is 31.3 Å². The van der Waals surface area contributed by atoms with E-state index in [-0.39, 0.29) is 11.0 Å². The highest BCUT2D eigenvalue weighted by Crippen LogP contribution is 2.49. The average Bonchev–Trinajstić information content (AvgIpc) is 2.53. The quantitative estimate of drug-likeness (QED) is 0.925. The fraction of sp³-hybridized carbons (Fsp3) is 0.647. The standard InChI is InChI=1S/C17H23F2NO2/c1-16(18,19)12-9-13(15-14(10-12)21-7-8-22-15)17(11-20)5-3-2-4-6-17/h9-10H,2-8,11,20H2,1H3. The van der Waals surface area contributed by atoms with Crippen molar-refractivity contribution in [2.75, 3.05) is 19.8 Å². The van der Waals surface area contributed by atoms with Gasteiger partial charge in [0, 0.05) is 30.0 Å². The first-order chi connectivity index (χ1) is 10.5. The number of fused-ring (bicyclic) bond motifs is 1. The number of alkyl halides is 2. The molecule has 1 saturated carbocycles. The summed E-state index contributed by atoms with van der Waals surface area (Å²) in [7, 11) is 0. The van der Waals surface area contributed by atoms with Crippen LogP contribution in [-0.4, -0.2) is 19.8 Å². The maximum atomic E-state index is 13.9. The summed E-state index contributed by atoms with van der Waals surface area (Å²) in [4.78, 5) is 0. The highest BCUT2D eigenvalue weighted by Gasteiger charge is 2.39. The van der Waals surface area contributed by atoms with Gasteiger partial charge in [0.05, 0.1) is 0 Å². The summed E-state index contributed by atoms with van der Waals surface area (Å²) in [5.74, 6) is -1.86. The van der Waals surface area contributed by atoms with Crippen molar-refractivity contribution in [2.45, 2.75) is 50.4 Å². The van der Waals surface area contributed by atoms with Crippen LogP contribution in [0.1, 0.15) is 50.2 Å². The van der Waals surface area contributed by atoms with Gasteiger partial charge in [-0.15, -0.1) is 0 Å². The van der Waals surface area contributed by atoms with E-state index in [1.54, 1.807) is 6.07 Å². The molecule has 22 heavy (non-hydrogen) atoms. The Morgan fingerprint density at radius 3 is 2.45 bits per heavy atom. The Hall–Kier alpha value is -1.36. The van der Waals surface area contributed by atoms with E-state index in [1.165, 1.54) is 12.5 Å². The van der Waals surface area contributed by atoms with Crippen molar-refractivity contribution in [1.82, 2.24) is 0 Å². The van der Waals surface area contributed by atoms with Gasteiger partial charge in [0.25, 0.3) is 5.92 Å². The van der Waals surface area contributed by atoms with Crippen LogP contribution in [0.3, 0.4) is 0 Å². The zero-order chi connectivity index (χ0) is 15.8. The monoisotopic (exact) mass is 311 g/mol. The van der Waals surface area contributed by atoms with Gasteiger partial charge in [0.15, 0.2) is 11.5 Å². The second kappa shape index (κ2) is 5.69. The average molecular weight is 311 g/mol. The minimum Gasteiger partial charge on any atom is -0.486 e. The van der Waals surface area contributed by atoms with Crippen molar-refractivity contribution in [2.24, 2.45) is 5.73 Å². The van der Waals surface area contributed by atoms with E-state index in [9.17, 15) is 8.78 Å². The van der Waals surface area contributed by atoms with Gasteiger partial charge in [-0.05, 0) is 25.0 Å². The third-order valence-corrected chi connectivity index (χ3v) is 4.92. The predicted octanol–water partition coefficient (Wildman–Crippen LogP) is 3.73. The van der Waals surface area contributed by atoms with Gasteiger partial charge in [0.1, 0.15) is 13.2 Å². The lowest BCUT2D eigenvalue weighted by Gasteiger charge is -2.39. The van der Waals surface area contributed by atoms with Gasteiger partial charge in [0.2, 0.25) is 0 Å². The first-order valence-corrected chi connectivity index (χ1v) is 7.99. The molecule has 2 N–H and O–H groups in total. The van der Waals surface area contributed by atoms with Crippen LogP contribution in [0.2, 0.25) is 0 Å². The van der Waals surface area contributed by atoms with Crippen molar-refractivity contribution in [3.63, 3.8) is 0 Å². The normalized spacial score (nSPS) is 20.7. The molecule has 0 aromatic heterocycles. The molecule has 0 unspecified atom stereocenters. The van der Waals surface area contributed by atoms with Crippen LogP contribution in [0, 0.1) is 0 Å². The highest BCUT2D eigenvalue weighted by molar-refractivity contribution is 5.54. The number of hydrogen-bond donors (Lipinski definition) is 1. The Kier molecular flexibility index (Phi) is 4.02. The minimum absolute atomic E-state index is 0.0230. The maximum Gasteiger partial charge on any atom is 0.270 e. The van der Waals surface area contributed by atoms with Crippen LogP contribution in [0.15, 0.2) is 12.1 Å². The molecule has 5 heteroatoms. The molecule has 0 radical (unpaired) electrons. The Morgan fingerprint density at radius 1 is 1.14 bits per heavy atom. The molecule has 3 nitrogen and oxygen atoms in total. The summed E-state index contributed by atoms with van der Waals surface area (Å²) < 4.78 is 39.1. The summed E-state index contributed by atoms with van der Waals surface area (Å²) in [6.45, 7) is 2.20. The number of nitrogens with two attached hydrogens (primary N) is 1. The molecule has 1 heterocycles. The Labute approximate surface area is 129 Å². The summed E-state index contributed by atoms with van der Waals surface area (Å²) >= 11 is 0. The lowest BCUT2D eigenvalue weighted by molar-refractivity contribution is 0.0166. The second-order valence-corrected chi connectivity index (χ2v) is 6.48. The van der Waals surface area contributed by atoms with Gasteiger partial charge >= 0.3 is 0 Å². The van der Waals surface area contributed by atoms with Crippen LogP contribution in [0.5, 0.6) is 11.5 Å². The molecule has 1 aromatic rings. The molecule has 3 rings (SSSR count). The molecule has 0 atom stereocenters. The second-order valence-electron chi connectivity index (χ2n) is 6.48. The molecular weight excluding hydrogens is 288 g/mol. The van der Waals surface area contributed by atoms with Crippen LogP contribution in [0.25, 0.3) is 0 Å². The zero-order valence-corrected chi connectivity index (χ0v) is 13.0. The van der Waals surface area contributed by atoms with Crippen LogP contribution in [-0.2, 0) is 11.3 Å². The molecule has 0 bridgehead atoms. The Morgan fingerprint density at radius 2 is 1.82 bits per heavy atom. The largest absolute Gasteiger partial charge is 0.486 e. The van der Waals surface area contributed by atoms with E-state index >= 15 is 0 Å². The van der Waals surface area contributed by atoms with Crippen molar-refractivity contribution in [3.8, 4) is 11.5 Å². The number of benzene rings is 1. The van der Waals surface area contributed by atoms with Crippen LogP contribution >= 0.6 is 0 Å². The van der Waals surface area contributed by atoms with Gasteiger partial charge in [-0.1, -0.05) is 19.3 Å². The third kappa shape index (κ3) is 2.67. The number of ether oxygens (including phenoxy) is 2. The van der Waals surface area contributed by atoms with Crippen molar-refractivity contribution in [1.29, 1.82) is 0 Å². The maximum absolute atomic E-state index is 13.9. The summed E-state index contributed by atoms with van der Waals surface area (Å²) in [5, 5.41) is 0. The molecule has 0 spiro atoms. The van der Waals surface area contributed by atoms with Crippen molar-refractivity contribution < 1.29 is 18.3 Å². The molecule has 0 saturated heterocycles. The fourth-order valence-corrected chi connectivity index (χ4v) is 3.61. The van der Waals surface area contributed by atoms with Crippen molar-refractivity contribution in [3.05, 3.63) is 23.3 Å². The predicted molar refractivity (Wildman–Crippen MR) is 80.8 cm³/mol. The molecular formula is C17H23F2NO2. The Balaban J connectivity index is 2.15. The Bertz CT molecular complexity index is 548. The smallest absolute Gasteiger partial charge is 0.270 e. The molecule has 2 aliphatic rings. The van der Waals surface area contributed by atoms with Gasteiger partial charge < -0.3 is 15.2 Å². The van der Waals surface area contributed by atoms with E-state index < -0.39 is 5.92 Å². The van der Waals surface area contributed by atoms with E-state index in [2.05, 4.69) is 0 Å². The third-order valence-electron chi connectivity index (χ3n) is 4.92. The lowest BCUT2D eigenvalue weighted by Crippen LogP contribution is -2.38. The SMILES string of the molecule is CC(F)(F)c1cc2c(c(C3(CN)CCCCC3)c1)OCCO2. The molecule has 1 fully saturated rings. The van der Waals surface area contributed by atoms with Gasteiger partial charge in [-0.3, -0.25) is 0 Å². The summed E-state index contributed by atoms with van der Waals surface area (Å²) in [5.41, 5.74) is 6.59. The first-order valence-electron chi connectivity index (χ1n) is 7.99. The minimum atomic E-state index is -2.91. The number of hydrogen-bond acceptors (Lipinski definition) is 3. The number of halogens is 2. The molecule has 122 valence electrons. The summed E-state index contributed by atoms with van der Waals surface area (Å²) in [6, 6.07) is 3.00. The number of rotatable bonds is 3. The van der Waals surface area contributed by atoms with Gasteiger partial charge in [-0.2, -0.15) is 0 Å². The highest BCUT2D eigenvalue weighted by atomic mass is 19.3. The summed E-state index contributed by atoms with van der Waals surface area (Å²) in [6.07, 6.45) is 5.14. The van der Waals surface area contributed by atoms with Gasteiger partial charge in [-0.25, -0.2) is 8.78 Å².